The summed E-state index contributed by atoms with van der Waals surface area (Å²) in [4.78, 5) is 37.5. The molecule has 6 aliphatic rings. The first-order valence-electron chi connectivity index (χ1n) is 26.5. The summed E-state index contributed by atoms with van der Waals surface area (Å²) in [5, 5.41) is 28.1. The first-order chi connectivity index (χ1) is 35.7. The van der Waals surface area contributed by atoms with Crippen LogP contribution < -0.4 is 33.7 Å². The molecule has 0 bridgehead atoms. The number of rotatable bonds is 23. The van der Waals surface area contributed by atoms with Gasteiger partial charge in [0.05, 0.1) is 44.8 Å². The van der Waals surface area contributed by atoms with Gasteiger partial charge in [0.15, 0.2) is 11.5 Å². The van der Waals surface area contributed by atoms with Gasteiger partial charge in [-0.05, 0) is 116 Å². The second-order valence-electron chi connectivity index (χ2n) is 20.2. The Balaban J connectivity index is 1.19. The number of fused-ring (bicyclic) bond motifs is 3. The van der Waals surface area contributed by atoms with E-state index in [1.165, 1.54) is 20.0 Å². The Kier molecular flexibility index (Phi) is 17.5. The van der Waals surface area contributed by atoms with Crippen molar-refractivity contribution in [3.8, 4) is 34.5 Å². The fourth-order valence-electron chi connectivity index (χ4n) is 12.2. The fraction of sp³-hybridized carbons (Fsp3) is 0.561. The summed E-state index contributed by atoms with van der Waals surface area (Å²) < 4.78 is 49.4. The van der Waals surface area contributed by atoms with E-state index in [0.717, 1.165) is 74.5 Å². The van der Waals surface area contributed by atoms with E-state index in [-0.39, 0.29) is 63.2 Å². The molecule has 3 fully saturated rings. The van der Waals surface area contributed by atoms with Gasteiger partial charge in [0, 0.05) is 56.6 Å². The number of ether oxygens (including phenoxy) is 8. The first-order valence-corrected chi connectivity index (χ1v) is 26.5. The SMILES string of the molecule is C=CCOC12Oc3ccc(OC(=O)Nc4ccc(OC)cc4OC)cc3C3C(CCCCO)C(CCCCO)C=C(C(=NOC4CCCCO4)CC1N(Cc1ccc4c(c1)OCO4)C(=O)CCC1CCCC1)C32. The van der Waals surface area contributed by atoms with Gasteiger partial charge < -0.3 is 57.8 Å². The Morgan fingerprint density at radius 1 is 0.877 bits per heavy atom. The minimum atomic E-state index is -1.49. The molecular formula is C57H73N3O13. The van der Waals surface area contributed by atoms with E-state index >= 15 is 4.79 Å². The van der Waals surface area contributed by atoms with E-state index in [9.17, 15) is 15.0 Å². The van der Waals surface area contributed by atoms with E-state index in [1.54, 1.807) is 37.5 Å². The zero-order chi connectivity index (χ0) is 50.7. The number of allylic oxidation sites excluding steroid dienone is 1. The number of hydrogen-bond donors (Lipinski definition) is 3. The highest BCUT2D eigenvalue weighted by Crippen LogP contribution is 2.62. The molecule has 3 aliphatic heterocycles. The highest BCUT2D eigenvalue weighted by atomic mass is 16.8. The second-order valence-corrected chi connectivity index (χ2v) is 20.2. The van der Waals surface area contributed by atoms with Crippen LogP contribution in [0.25, 0.3) is 0 Å². The normalized spacial score (nSPS) is 25.4. The molecule has 16 nitrogen and oxygen atoms in total. The van der Waals surface area contributed by atoms with E-state index in [2.05, 4.69) is 18.0 Å². The van der Waals surface area contributed by atoms with Crippen LogP contribution in [0.2, 0.25) is 0 Å². The smallest absolute Gasteiger partial charge is 0.417 e. The van der Waals surface area contributed by atoms with Crippen molar-refractivity contribution in [2.24, 2.45) is 28.8 Å². The molecule has 2 amide bonds. The summed E-state index contributed by atoms with van der Waals surface area (Å²) in [6.45, 7) is 5.26. The number of anilines is 1. The average molecular weight is 1010 g/mol. The van der Waals surface area contributed by atoms with Gasteiger partial charge in [0.1, 0.15) is 29.0 Å². The van der Waals surface area contributed by atoms with Gasteiger partial charge in [-0.2, -0.15) is 0 Å². The molecule has 1 saturated heterocycles. The lowest BCUT2D eigenvalue weighted by molar-refractivity contribution is -0.258. The number of amides is 2. The van der Waals surface area contributed by atoms with Crippen molar-refractivity contribution >= 4 is 23.4 Å². The quantitative estimate of drug-likeness (QED) is 0.0464. The van der Waals surface area contributed by atoms with Crippen molar-refractivity contribution in [1.82, 2.24) is 4.90 Å². The number of oxime groups is 1. The molecule has 0 spiro atoms. The van der Waals surface area contributed by atoms with Gasteiger partial charge in [-0.15, -0.1) is 6.58 Å². The highest BCUT2D eigenvalue weighted by Gasteiger charge is 2.65. The molecule has 3 aromatic rings. The molecule has 73 heavy (non-hydrogen) atoms. The maximum absolute atomic E-state index is 15.4. The summed E-state index contributed by atoms with van der Waals surface area (Å²) in [5.41, 5.74) is 3.65. The fourth-order valence-corrected chi connectivity index (χ4v) is 12.2. The Morgan fingerprint density at radius 2 is 1.66 bits per heavy atom. The predicted molar refractivity (Wildman–Crippen MR) is 273 cm³/mol. The number of carbonyl (C=O) groups excluding carboxylic acids is 2. The van der Waals surface area contributed by atoms with Crippen LogP contribution in [0.15, 0.2) is 84.1 Å². The van der Waals surface area contributed by atoms with Crippen molar-refractivity contribution in [2.45, 2.75) is 133 Å². The Hall–Kier alpha value is -5.81. The number of carbonyl (C=O) groups is 2. The first kappa shape index (κ1) is 52.1. The van der Waals surface area contributed by atoms with E-state index in [0.29, 0.717) is 84.1 Å². The summed E-state index contributed by atoms with van der Waals surface area (Å²) >= 11 is 0. The van der Waals surface area contributed by atoms with Gasteiger partial charge in [0.2, 0.25) is 24.8 Å². The van der Waals surface area contributed by atoms with Crippen molar-refractivity contribution in [3.63, 3.8) is 0 Å². The van der Waals surface area contributed by atoms with Crippen LogP contribution in [-0.4, -0.2) is 98.4 Å². The Labute approximate surface area is 428 Å². The van der Waals surface area contributed by atoms with Gasteiger partial charge >= 0.3 is 6.09 Å². The van der Waals surface area contributed by atoms with Crippen LogP contribution in [-0.2, 0) is 25.7 Å². The lowest BCUT2D eigenvalue weighted by Crippen LogP contribution is -2.70. The van der Waals surface area contributed by atoms with Crippen LogP contribution in [0, 0.1) is 23.7 Å². The van der Waals surface area contributed by atoms with Crippen molar-refractivity contribution < 1.29 is 62.5 Å². The van der Waals surface area contributed by atoms with Crippen LogP contribution in [0.1, 0.15) is 120 Å². The number of nitrogens with zero attached hydrogens (tertiary/aromatic N) is 2. The number of hydrogen-bond acceptors (Lipinski definition) is 14. The number of nitrogens with one attached hydrogen (secondary N) is 1. The van der Waals surface area contributed by atoms with Gasteiger partial charge in [-0.3, -0.25) is 10.1 Å². The average Bonchev–Trinajstić information content (AvgIpc) is 4.13. The number of aliphatic hydroxyl groups excluding tert-OH is 2. The maximum Gasteiger partial charge on any atom is 0.417 e. The Bertz CT molecular complexity index is 2450. The topological polar surface area (TPSA) is 185 Å². The minimum Gasteiger partial charge on any atom is -0.497 e. The number of aliphatic hydroxyl groups is 2. The van der Waals surface area contributed by atoms with Gasteiger partial charge in [-0.1, -0.05) is 61.9 Å². The number of unbranched alkanes of at least 4 members (excludes halogenated alkanes) is 2. The summed E-state index contributed by atoms with van der Waals surface area (Å²) in [6, 6.07) is 15.6. The lowest BCUT2D eigenvalue weighted by Gasteiger charge is -2.60. The largest absolute Gasteiger partial charge is 0.497 e. The predicted octanol–water partition coefficient (Wildman–Crippen LogP) is 10.2. The van der Waals surface area contributed by atoms with Crippen LogP contribution in [0.4, 0.5) is 10.5 Å². The van der Waals surface area contributed by atoms with E-state index in [1.807, 2.05) is 35.2 Å². The van der Waals surface area contributed by atoms with Crippen LogP contribution in [0.5, 0.6) is 34.5 Å². The lowest BCUT2D eigenvalue weighted by atomic mass is 9.55. The zero-order valence-corrected chi connectivity index (χ0v) is 42.4. The summed E-state index contributed by atoms with van der Waals surface area (Å²) in [7, 11) is 3.07. The van der Waals surface area contributed by atoms with Crippen LogP contribution >= 0.6 is 0 Å². The molecule has 2 saturated carbocycles. The third-order valence-electron chi connectivity index (χ3n) is 15.6. The number of methoxy groups -OCH3 is 2. The molecule has 16 heteroatoms. The summed E-state index contributed by atoms with van der Waals surface area (Å²) in [6.07, 6.45) is 15.6. The van der Waals surface area contributed by atoms with Gasteiger partial charge in [0.25, 0.3) is 0 Å². The van der Waals surface area contributed by atoms with Crippen molar-refractivity contribution in [3.05, 3.63) is 90.0 Å². The minimum absolute atomic E-state index is 0.00887. The number of benzene rings is 3. The Morgan fingerprint density at radius 3 is 2.42 bits per heavy atom. The molecule has 3 heterocycles. The monoisotopic (exact) mass is 1010 g/mol. The van der Waals surface area contributed by atoms with E-state index < -0.39 is 30.1 Å². The molecule has 7 unspecified atom stereocenters. The third kappa shape index (κ3) is 11.8. The molecule has 7 atom stereocenters. The van der Waals surface area contributed by atoms with Crippen LogP contribution in [0.3, 0.4) is 0 Å². The summed E-state index contributed by atoms with van der Waals surface area (Å²) in [5.74, 6) is 1.05. The van der Waals surface area contributed by atoms with E-state index in [4.69, 9.17) is 47.9 Å². The molecule has 3 aromatic carbocycles. The van der Waals surface area contributed by atoms with Gasteiger partial charge in [-0.25, -0.2) is 4.79 Å². The molecule has 9 rings (SSSR count). The molecule has 0 radical (unpaired) electrons. The second kappa shape index (κ2) is 24.5. The zero-order valence-electron chi connectivity index (χ0n) is 42.4. The molecule has 394 valence electrons. The molecular weight excluding hydrogens is 935 g/mol. The maximum atomic E-state index is 15.4. The molecule has 3 N–H and O–H groups in total. The van der Waals surface area contributed by atoms with Crippen molar-refractivity contribution in [1.29, 1.82) is 0 Å². The van der Waals surface area contributed by atoms with Crippen molar-refractivity contribution in [2.75, 3.05) is 52.8 Å². The standard InChI is InChI=1S/C57H73N3O13/c1-4-28-70-57-51(60(52(63)25-19-37-13-5-6-14-37)35-38-18-23-48-50(30-38)69-36-68-48)34-46(59-73-53-17-9-12-29-67-53)43-31-39(15-7-10-26-61)42(16-8-11-27-62)54(55(43)57)44-32-41(21-24-47(44)72-57)71-56(64)58-45-22-20-40(65-2)33-49(45)66-3/h4,18,20-24,30-33,37,39,42,51,53-55,61-62H,1,5-17,19,25-29,34-36H2,2-3H3,(H,58,64). The highest BCUT2D eigenvalue weighted by molar-refractivity contribution is 6.03. The molecule has 0 aromatic heterocycles. The molecule has 3 aliphatic carbocycles. The third-order valence-corrected chi connectivity index (χ3v) is 15.6.